The van der Waals surface area contributed by atoms with E-state index in [1.54, 1.807) is 31.4 Å². The Kier molecular flexibility index (Phi) is 7.04. The predicted molar refractivity (Wildman–Crippen MR) is 114 cm³/mol. The number of unbranched alkanes of at least 4 members (excludes halogenated alkanes) is 1. The number of nitrogens with zero attached hydrogens (tertiary/aromatic N) is 3. The summed E-state index contributed by atoms with van der Waals surface area (Å²) >= 11 is 1.47. The van der Waals surface area contributed by atoms with Gasteiger partial charge in [0.2, 0.25) is 0 Å². The summed E-state index contributed by atoms with van der Waals surface area (Å²) in [6.45, 7) is 2.88. The highest BCUT2D eigenvalue weighted by atomic mass is 32.2. The molecule has 0 aliphatic carbocycles. The van der Waals surface area contributed by atoms with Crippen molar-refractivity contribution < 1.29 is 4.39 Å². The molecule has 0 aliphatic rings. The molecule has 0 aliphatic heterocycles. The van der Waals surface area contributed by atoms with Gasteiger partial charge in [-0.25, -0.2) is 4.39 Å². The quantitative estimate of drug-likeness (QED) is 0.417. The molecule has 0 N–H and O–H groups in total. The van der Waals surface area contributed by atoms with E-state index in [0.29, 0.717) is 22.9 Å². The Bertz CT molecular complexity index is 1090. The SMILES string of the molecule is CCCCn1cc(Cc2ccn(C)c(=O)c2)c(=O)nc1SCc1ccc(F)cc1. The molecular weight excluding hydrogens is 389 g/mol. The molecule has 5 nitrogen and oxygen atoms in total. The van der Waals surface area contributed by atoms with Gasteiger partial charge in [0, 0.05) is 49.8 Å². The number of rotatable bonds is 8. The number of aromatic nitrogens is 3. The van der Waals surface area contributed by atoms with Crippen LogP contribution in [0, 0.1) is 5.82 Å². The van der Waals surface area contributed by atoms with Gasteiger partial charge < -0.3 is 9.13 Å². The second kappa shape index (κ2) is 9.69. The van der Waals surface area contributed by atoms with E-state index in [4.69, 9.17) is 0 Å². The van der Waals surface area contributed by atoms with Crippen LogP contribution in [0.1, 0.15) is 36.5 Å². The molecule has 0 fully saturated rings. The van der Waals surface area contributed by atoms with Crippen molar-refractivity contribution in [2.24, 2.45) is 7.05 Å². The summed E-state index contributed by atoms with van der Waals surface area (Å²) in [5.74, 6) is 0.337. The van der Waals surface area contributed by atoms with Crippen LogP contribution in [-0.2, 0) is 25.8 Å². The van der Waals surface area contributed by atoms with Crippen molar-refractivity contribution in [2.75, 3.05) is 0 Å². The largest absolute Gasteiger partial charge is 0.327 e. The Labute approximate surface area is 173 Å². The molecule has 3 aromatic rings. The molecule has 0 spiro atoms. The van der Waals surface area contributed by atoms with E-state index < -0.39 is 0 Å². The minimum Gasteiger partial charge on any atom is -0.327 e. The Morgan fingerprint density at radius 3 is 2.55 bits per heavy atom. The van der Waals surface area contributed by atoms with Crippen LogP contribution >= 0.6 is 11.8 Å². The van der Waals surface area contributed by atoms with Crippen LogP contribution < -0.4 is 11.1 Å². The second-order valence-corrected chi connectivity index (χ2v) is 7.92. The van der Waals surface area contributed by atoms with Gasteiger partial charge in [-0.1, -0.05) is 37.2 Å². The Balaban J connectivity index is 1.85. The van der Waals surface area contributed by atoms with Crippen LogP contribution in [0.15, 0.2) is 63.5 Å². The molecule has 152 valence electrons. The topological polar surface area (TPSA) is 56.9 Å². The standard InChI is InChI=1S/C22H24FN3O2S/c1-3-4-10-26-14-18(12-17-9-11-25(2)20(27)13-17)21(28)24-22(26)29-15-16-5-7-19(23)8-6-16/h5-9,11,13-14H,3-4,10,12,15H2,1-2H3. The summed E-state index contributed by atoms with van der Waals surface area (Å²) in [6.07, 6.45) is 5.93. The maximum Gasteiger partial charge on any atom is 0.277 e. The molecule has 7 heteroatoms. The summed E-state index contributed by atoms with van der Waals surface area (Å²) in [5, 5.41) is 0.653. The highest BCUT2D eigenvalue weighted by molar-refractivity contribution is 7.98. The number of pyridine rings is 1. The van der Waals surface area contributed by atoms with Crippen molar-refractivity contribution in [3.05, 3.63) is 92.0 Å². The number of benzene rings is 1. The van der Waals surface area contributed by atoms with Gasteiger partial charge in [0.05, 0.1) is 0 Å². The molecule has 0 saturated heterocycles. The molecule has 1 aromatic carbocycles. The lowest BCUT2D eigenvalue weighted by Gasteiger charge is -2.14. The van der Waals surface area contributed by atoms with Gasteiger partial charge in [-0.3, -0.25) is 9.59 Å². The van der Waals surface area contributed by atoms with E-state index in [-0.39, 0.29) is 16.9 Å². The number of hydrogen-bond donors (Lipinski definition) is 0. The zero-order valence-electron chi connectivity index (χ0n) is 16.6. The zero-order valence-corrected chi connectivity index (χ0v) is 17.4. The summed E-state index contributed by atoms with van der Waals surface area (Å²) in [5.41, 5.74) is 1.95. The smallest absolute Gasteiger partial charge is 0.277 e. The van der Waals surface area contributed by atoms with Gasteiger partial charge >= 0.3 is 0 Å². The average molecular weight is 414 g/mol. The summed E-state index contributed by atoms with van der Waals surface area (Å²) in [6, 6.07) is 9.73. The number of halogens is 1. The fourth-order valence-electron chi connectivity index (χ4n) is 2.89. The van der Waals surface area contributed by atoms with Gasteiger partial charge in [0.1, 0.15) is 5.82 Å². The summed E-state index contributed by atoms with van der Waals surface area (Å²) in [4.78, 5) is 28.8. The van der Waals surface area contributed by atoms with Crippen molar-refractivity contribution in [1.82, 2.24) is 14.1 Å². The monoisotopic (exact) mass is 413 g/mol. The summed E-state index contributed by atoms with van der Waals surface area (Å²) in [7, 11) is 1.69. The first-order valence-corrected chi connectivity index (χ1v) is 10.6. The molecule has 29 heavy (non-hydrogen) atoms. The van der Waals surface area contributed by atoms with E-state index in [2.05, 4.69) is 11.9 Å². The van der Waals surface area contributed by atoms with Gasteiger partial charge in [0.25, 0.3) is 11.1 Å². The fourth-order valence-corrected chi connectivity index (χ4v) is 3.84. The van der Waals surface area contributed by atoms with Crippen LogP contribution in [0.3, 0.4) is 0 Å². The molecule has 0 amide bonds. The maximum absolute atomic E-state index is 13.1. The van der Waals surface area contributed by atoms with E-state index in [1.807, 2.05) is 16.8 Å². The number of hydrogen-bond acceptors (Lipinski definition) is 4. The number of thioether (sulfide) groups is 1. The lowest BCUT2D eigenvalue weighted by Crippen LogP contribution is -2.21. The van der Waals surface area contributed by atoms with E-state index in [1.165, 1.54) is 28.5 Å². The first kappa shape index (κ1) is 21.0. The Hall–Kier alpha value is -2.67. The molecule has 0 unspecified atom stereocenters. The Morgan fingerprint density at radius 2 is 1.86 bits per heavy atom. The molecule has 2 aromatic heterocycles. The lowest BCUT2D eigenvalue weighted by atomic mass is 10.1. The van der Waals surface area contributed by atoms with Crippen molar-refractivity contribution >= 4 is 11.8 Å². The fraction of sp³-hybridized carbons (Fsp3) is 0.318. The number of aryl methyl sites for hydroxylation is 2. The second-order valence-electron chi connectivity index (χ2n) is 6.98. The van der Waals surface area contributed by atoms with E-state index in [9.17, 15) is 14.0 Å². The third-order valence-corrected chi connectivity index (χ3v) is 5.69. The van der Waals surface area contributed by atoms with Gasteiger partial charge in [-0.15, -0.1) is 0 Å². The van der Waals surface area contributed by atoms with Crippen LogP contribution in [0.25, 0.3) is 0 Å². The van der Waals surface area contributed by atoms with Crippen LogP contribution in [0.5, 0.6) is 0 Å². The van der Waals surface area contributed by atoms with Crippen LogP contribution in [0.4, 0.5) is 4.39 Å². The predicted octanol–water partition coefficient (Wildman–Crippen LogP) is 3.76. The normalized spacial score (nSPS) is 11.0. The average Bonchev–Trinajstić information content (AvgIpc) is 2.71. The van der Waals surface area contributed by atoms with Crippen LogP contribution in [-0.4, -0.2) is 14.1 Å². The molecule has 0 saturated carbocycles. The third kappa shape index (κ3) is 5.67. The Morgan fingerprint density at radius 1 is 1.10 bits per heavy atom. The molecule has 3 rings (SSSR count). The maximum atomic E-state index is 13.1. The zero-order chi connectivity index (χ0) is 20.8. The minimum atomic E-state index is -0.278. The first-order valence-electron chi connectivity index (χ1n) is 9.59. The van der Waals surface area contributed by atoms with Gasteiger partial charge in [-0.05, 0) is 35.7 Å². The van der Waals surface area contributed by atoms with E-state index >= 15 is 0 Å². The van der Waals surface area contributed by atoms with Crippen molar-refractivity contribution in [3.8, 4) is 0 Å². The molecule has 0 atom stereocenters. The minimum absolute atomic E-state index is 0.103. The van der Waals surface area contributed by atoms with Gasteiger partial charge in [-0.2, -0.15) is 4.98 Å². The highest BCUT2D eigenvalue weighted by Crippen LogP contribution is 2.21. The molecule has 0 bridgehead atoms. The molecular formula is C22H24FN3O2S. The van der Waals surface area contributed by atoms with Crippen LogP contribution in [0.2, 0.25) is 0 Å². The lowest BCUT2D eigenvalue weighted by molar-refractivity contribution is 0.559. The van der Waals surface area contributed by atoms with Gasteiger partial charge in [0.15, 0.2) is 5.16 Å². The van der Waals surface area contributed by atoms with Crippen molar-refractivity contribution in [1.29, 1.82) is 0 Å². The molecule has 2 heterocycles. The molecule has 0 radical (unpaired) electrons. The third-order valence-electron chi connectivity index (χ3n) is 4.63. The summed E-state index contributed by atoms with van der Waals surface area (Å²) < 4.78 is 16.6. The first-order chi connectivity index (χ1) is 14.0. The van der Waals surface area contributed by atoms with Crippen molar-refractivity contribution in [2.45, 2.75) is 43.6 Å². The van der Waals surface area contributed by atoms with E-state index in [0.717, 1.165) is 30.5 Å². The highest BCUT2D eigenvalue weighted by Gasteiger charge is 2.11. The van der Waals surface area contributed by atoms with Crippen molar-refractivity contribution in [3.63, 3.8) is 0 Å².